The number of fused-ring (bicyclic) bond motifs is 1. The Morgan fingerprint density at radius 2 is 1.57 bits per heavy atom. The van der Waals surface area contributed by atoms with Crippen molar-refractivity contribution in [2.45, 2.75) is 6.92 Å². The second-order valence-electron chi connectivity index (χ2n) is 6.56. The van der Waals surface area contributed by atoms with Gasteiger partial charge in [0.25, 0.3) is 0 Å². The van der Waals surface area contributed by atoms with Crippen LogP contribution in [0.2, 0.25) is 0 Å². The zero-order valence-corrected chi connectivity index (χ0v) is 15.7. The molecule has 4 heteroatoms. The normalized spacial score (nSPS) is 11.2. The van der Waals surface area contributed by atoms with Crippen LogP contribution >= 0.6 is 0 Å². The fraction of sp³-hybridized carbons (Fsp3) is 0.0833. The maximum atomic E-state index is 11.5. The summed E-state index contributed by atoms with van der Waals surface area (Å²) in [6, 6.07) is 21.3. The summed E-state index contributed by atoms with van der Waals surface area (Å²) in [5.74, 6) is 0.287. The highest BCUT2D eigenvalue weighted by atomic mass is 16.5. The molecule has 0 fully saturated rings. The molecule has 138 valence electrons. The number of ether oxygens (including phenoxy) is 1. The van der Waals surface area contributed by atoms with Gasteiger partial charge in [0.15, 0.2) is 5.58 Å². The highest BCUT2D eigenvalue weighted by Crippen LogP contribution is 2.25. The number of carbonyl (C=O) groups excluding carboxylic acids is 1. The molecule has 0 spiro atoms. The molecule has 0 atom stereocenters. The van der Waals surface area contributed by atoms with Crippen LogP contribution in [-0.2, 0) is 4.74 Å². The maximum absolute atomic E-state index is 11.5. The van der Waals surface area contributed by atoms with E-state index < -0.39 is 0 Å². The van der Waals surface area contributed by atoms with Crippen molar-refractivity contribution in [2.75, 3.05) is 7.11 Å². The molecule has 0 aliphatic carbocycles. The first-order valence-corrected chi connectivity index (χ1v) is 8.96. The van der Waals surface area contributed by atoms with Crippen LogP contribution in [0.1, 0.15) is 27.0 Å². The smallest absolute Gasteiger partial charge is 0.337 e. The van der Waals surface area contributed by atoms with Crippen molar-refractivity contribution in [3.05, 3.63) is 89.0 Å². The number of aryl methyl sites for hydroxylation is 1. The first-order chi connectivity index (χ1) is 13.6. The van der Waals surface area contributed by atoms with Gasteiger partial charge in [-0.2, -0.15) is 0 Å². The third kappa shape index (κ3) is 3.71. The minimum absolute atomic E-state index is 0.333. The summed E-state index contributed by atoms with van der Waals surface area (Å²) >= 11 is 0. The fourth-order valence-electron chi connectivity index (χ4n) is 2.94. The van der Waals surface area contributed by atoms with Crippen LogP contribution in [0.5, 0.6) is 0 Å². The molecule has 1 aromatic heterocycles. The number of rotatable bonds is 4. The van der Waals surface area contributed by atoms with Crippen LogP contribution in [0.25, 0.3) is 34.7 Å². The molecule has 3 aromatic carbocycles. The summed E-state index contributed by atoms with van der Waals surface area (Å²) in [5.41, 5.74) is 6.37. The molecule has 0 bridgehead atoms. The third-order valence-electron chi connectivity index (χ3n) is 4.50. The monoisotopic (exact) mass is 369 g/mol. The summed E-state index contributed by atoms with van der Waals surface area (Å²) in [5, 5.41) is 0. The van der Waals surface area contributed by atoms with E-state index in [1.165, 1.54) is 7.11 Å². The number of nitrogens with zero attached hydrogens (tertiary/aromatic N) is 1. The lowest BCUT2D eigenvalue weighted by Gasteiger charge is -2.00. The molecule has 0 amide bonds. The number of methoxy groups -OCH3 is 1. The number of oxazole rings is 1. The molecule has 28 heavy (non-hydrogen) atoms. The van der Waals surface area contributed by atoms with Crippen molar-refractivity contribution in [1.82, 2.24) is 4.98 Å². The van der Waals surface area contributed by atoms with E-state index in [2.05, 4.69) is 4.98 Å². The van der Waals surface area contributed by atoms with Crippen molar-refractivity contribution >= 4 is 29.2 Å². The predicted molar refractivity (Wildman–Crippen MR) is 111 cm³/mol. The summed E-state index contributed by atoms with van der Waals surface area (Å²) in [6.07, 6.45) is 4.02. The van der Waals surface area contributed by atoms with E-state index in [4.69, 9.17) is 9.15 Å². The van der Waals surface area contributed by atoms with Crippen LogP contribution in [-0.4, -0.2) is 18.1 Å². The Hall–Kier alpha value is -3.66. The molecule has 4 rings (SSSR count). The van der Waals surface area contributed by atoms with Crippen molar-refractivity contribution in [1.29, 1.82) is 0 Å². The summed E-state index contributed by atoms with van der Waals surface area (Å²) < 4.78 is 10.6. The van der Waals surface area contributed by atoms with Gasteiger partial charge in [0, 0.05) is 5.56 Å². The van der Waals surface area contributed by atoms with E-state index in [1.807, 2.05) is 73.7 Å². The van der Waals surface area contributed by atoms with Gasteiger partial charge in [0.05, 0.1) is 12.7 Å². The van der Waals surface area contributed by atoms with E-state index in [1.54, 1.807) is 12.1 Å². The average Bonchev–Trinajstić information content (AvgIpc) is 3.15. The summed E-state index contributed by atoms with van der Waals surface area (Å²) in [4.78, 5) is 16.0. The number of hydrogen-bond donors (Lipinski definition) is 0. The van der Waals surface area contributed by atoms with Crippen molar-refractivity contribution < 1.29 is 13.9 Å². The van der Waals surface area contributed by atoms with Crippen LogP contribution in [0, 0.1) is 6.92 Å². The van der Waals surface area contributed by atoms with Crippen LogP contribution in [0.3, 0.4) is 0 Å². The van der Waals surface area contributed by atoms with Crippen molar-refractivity contribution in [3.8, 4) is 11.5 Å². The van der Waals surface area contributed by atoms with E-state index in [0.29, 0.717) is 11.5 Å². The van der Waals surface area contributed by atoms with Gasteiger partial charge < -0.3 is 9.15 Å². The summed E-state index contributed by atoms with van der Waals surface area (Å²) in [6.45, 7) is 2.04. The topological polar surface area (TPSA) is 52.3 Å². The summed E-state index contributed by atoms with van der Waals surface area (Å²) in [7, 11) is 1.38. The van der Waals surface area contributed by atoms with Crippen LogP contribution < -0.4 is 0 Å². The number of aromatic nitrogens is 1. The van der Waals surface area contributed by atoms with Gasteiger partial charge in [-0.1, -0.05) is 42.5 Å². The molecule has 0 unspecified atom stereocenters. The van der Waals surface area contributed by atoms with Gasteiger partial charge in [0.1, 0.15) is 5.52 Å². The van der Waals surface area contributed by atoms with Gasteiger partial charge in [-0.15, -0.1) is 0 Å². The molecular formula is C24H19NO3. The van der Waals surface area contributed by atoms with E-state index >= 15 is 0 Å². The highest BCUT2D eigenvalue weighted by molar-refractivity contribution is 5.89. The first kappa shape index (κ1) is 17.7. The standard InChI is InChI=1S/C24H19NO3/c1-16-3-14-22-21(15-16)25-23(28-22)19-10-6-17(7-11-19)4-5-18-8-12-20(13-9-18)24(26)27-2/h3-15H,1-2H3/b5-4+. The van der Waals surface area contributed by atoms with E-state index in [-0.39, 0.29) is 5.97 Å². The predicted octanol–water partition coefficient (Wildman–Crippen LogP) is 5.76. The van der Waals surface area contributed by atoms with Gasteiger partial charge >= 0.3 is 5.97 Å². The Balaban J connectivity index is 1.51. The minimum Gasteiger partial charge on any atom is -0.465 e. The highest BCUT2D eigenvalue weighted by Gasteiger charge is 2.08. The second-order valence-corrected chi connectivity index (χ2v) is 6.56. The van der Waals surface area contributed by atoms with Crippen LogP contribution in [0.15, 0.2) is 71.1 Å². The Kier molecular flexibility index (Phi) is 4.77. The number of benzene rings is 3. The van der Waals surface area contributed by atoms with Crippen molar-refractivity contribution in [2.24, 2.45) is 0 Å². The number of hydrogen-bond acceptors (Lipinski definition) is 4. The minimum atomic E-state index is -0.333. The molecule has 1 heterocycles. The molecule has 0 aliphatic heterocycles. The lowest BCUT2D eigenvalue weighted by atomic mass is 10.1. The quantitative estimate of drug-likeness (QED) is 0.339. The SMILES string of the molecule is COC(=O)c1ccc(/C=C/c2ccc(-c3nc4cc(C)ccc4o3)cc2)cc1. The third-order valence-corrected chi connectivity index (χ3v) is 4.50. The van der Waals surface area contributed by atoms with E-state index in [0.717, 1.165) is 33.4 Å². The molecule has 0 saturated heterocycles. The lowest BCUT2D eigenvalue weighted by Crippen LogP contribution is -2.00. The molecular weight excluding hydrogens is 350 g/mol. The second kappa shape index (κ2) is 7.53. The zero-order chi connectivity index (χ0) is 19.5. The largest absolute Gasteiger partial charge is 0.465 e. The molecule has 0 aliphatic rings. The van der Waals surface area contributed by atoms with Gasteiger partial charge in [-0.25, -0.2) is 9.78 Å². The average molecular weight is 369 g/mol. The maximum Gasteiger partial charge on any atom is 0.337 e. The van der Waals surface area contributed by atoms with E-state index in [9.17, 15) is 4.79 Å². The number of esters is 1. The van der Waals surface area contributed by atoms with Gasteiger partial charge in [-0.05, 0) is 60.0 Å². The lowest BCUT2D eigenvalue weighted by molar-refractivity contribution is 0.0600. The Morgan fingerprint density at radius 3 is 2.21 bits per heavy atom. The molecule has 4 aromatic rings. The number of carbonyl (C=O) groups is 1. The molecule has 0 N–H and O–H groups in total. The molecule has 4 nitrogen and oxygen atoms in total. The fourth-order valence-corrected chi connectivity index (χ4v) is 2.94. The Bertz CT molecular complexity index is 1150. The Labute approximate surface area is 163 Å². The van der Waals surface area contributed by atoms with Gasteiger partial charge in [0.2, 0.25) is 5.89 Å². The molecule has 0 saturated carbocycles. The zero-order valence-electron chi connectivity index (χ0n) is 15.7. The van der Waals surface area contributed by atoms with Gasteiger partial charge in [-0.3, -0.25) is 0 Å². The molecule has 0 radical (unpaired) electrons. The van der Waals surface area contributed by atoms with Crippen molar-refractivity contribution in [3.63, 3.8) is 0 Å². The van der Waals surface area contributed by atoms with Crippen LogP contribution in [0.4, 0.5) is 0 Å². The Morgan fingerprint density at radius 1 is 0.929 bits per heavy atom. The first-order valence-electron chi connectivity index (χ1n) is 8.96.